The summed E-state index contributed by atoms with van der Waals surface area (Å²) in [5, 5.41) is 20.5. The van der Waals surface area contributed by atoms with Gasteiger partial charge in [0.05, 0.1) is 17.4 Å². The number of aromatic amines is 1. The minimum atomic E-state index is -0.250. The maximum absolute atomic E-state index is 12.4. The summed E-state index contributed by atoms with van der Waals surface area (Å²) in [7, 11) is 0. The molecule has 0 atom stereocenters. The number of rotatable bonds is 4. The number of amides is 1. The zero-order valence-corrected chi connectivity index (χ0v) is 17.9. The first kappa shape index (κ1) is 25.1. The first-order valence-corrected chi connectivity index (χ1v) is 9.69. The molecule has 1 amide bonds. The number of carbonyl (C=O) groups excluding carboxylic acids is 1. The number of H-pyrrole nitrogens is 1. The standard InChI is InChI=1S/C19H28N4O.2CH2O2/c1-18(2)9-14(10-19(3,4)23-18)8-17(24)20-11-13-5-6-15-16(7-13)22-12-21-15;2*2-1-3/h5-7,12,14,23H,8-11H2,1-4H3,(H,20,24)(H,21,22);2*1H,(H,2,3). The van der Waals surface area contributed by atoms with Crippen molar-refractivity contribution in [3.8, 4) is 0 Å². The van der Waals surface area contributed by atoms with Crippen LogP contribution in [0.3, 0.4) is 0 Å². The lowest BCUT2D eigenvalue weighted by Gasteiger charge is -2.46. The Kier molecular flexibility index (Phi) is 9.45. The van der Waals surface area contributed by atoms with Gasteiger partial charge in [-0.15, -0.1) is 0 Å². The summed E-state index contributed by atoms with van der Waals surface area (Å²) in [6, 6.07) is 6.03. The van der Waals surface area contributed by atoms with E-state index in [-0.39, 0.29) is 29.9 Å². The number of nitrogens with zero attached hydrogens (tertiary/aromatic N) is 1. The smallest absolute Gasteiger partial charge is 0.290 e. The molecule has 1 aromatic heterocycles. The Hall–Kier alpha value is -2.94. The molecular formula is C21H32N4O5. The minimum Gasteiger partial charge on any atom is -0.483 e. The number of fused-ring (bicyclic) bond motifs is 1. The molecule has 0 aliphatic carbocycles. The van der Waals surface area contributed by atoms with Crippen molar-refractivity contribution < 1.29 is 24.6 Å². The predicted molar refractivity (Wildman–Crippen MR) is 114 cm³/mol. The predicted octanol–water partition coefficient (Wildman–Crippen LogP) is 2.53. The van der Waals surface area contributed by atoms with Gasteiger partial charge >= 0.3 is 0 Å². The quantitative estimate of drug-likeness (QED) is 0.478. The lowest BCUT2D eigenvalue weighted by Crippen LogP contribution is -2.58. The normalized spacial score (nSPS) is 16.9. The molecule has 0 spiro atoms. The van der Waals surface area contributed by atoms with Crippen molar-refractivity contribution in [3.63, 3.8) is 0 Å². The van der Waals surface area contributed by atoms with Gasteiger partial charge < -0.3 is 25.8 Å². The van der Waals surface area contributed by atoms with Gasteiger partial charge in [0, 0.05) is 24.0 Å². The van der Waals surface area contributed by atoms with E-state index in [1.165, 1.54) is 0 Å². The number of piperidine rings is 1. The molecule has 30 heavy (non-hydrogen) atoms. The Balaban J connectivity index is 0.000000672. The molecule has 9 nitrogen and oxygen atoms in total. The van der Waals surface area contributed by atoms with Crippen molar-refractivity contribution in [1.29, 1.82) is 0 Å². The molecule has 166 valence electrons. The monoisotopic (exact) mass is 420 g/mol. The Bertz CT molecular complexity index is 810. The van der Waals surface area contributed by atoms with Crippen molar-refractivity contribution >= 4 is 29.9 Å². The van der Waals surface area contributed by atoms with E-state index in [1.54, 1.807) is 6.33 Å². The third kappa shape index (κ3) is 8.60. The van der Waals surface area contributed by atoms with Crippen LogP contribution in [0.4, 0.5) is 0 Å². The van der Waals surface area contributed by atoms with Gasteiger partial charge in [-0.1, -0.05) is 6.07 Å². The highest BCUT2D eigenvalue weighted by atomic mass is 16.3. The molecule has 1 saturated heterocycles. The number of carbonyl (C=O) groups is 3. The highest BCUT2D eigenvalue weighted by molar-refractivity contribution is 5.77. The van der Waals surface area contributed by atoms with E-state index in [9.17, 15) is 4.79 Å². The van der Waals surface area contributed by atoms with E-state index in [4.69, 9.17) is 19.8 Å². The number of benzene rings is 1. The van der Waals surface area contributed by atoms with Crippen LogP contribution in [0, 0.1) is 5.92 Å². The molecule has 0 unspecified atom stereocenters. The van der Waals surface area contributed by atoms with E-state index < -0.39 is 0 Å². The SMILES string of the molecule is CC1(C)CC(CC(=O)NCc2ccc3nc[nH]c3c2)CC(C)(C)N1.O=CO.O=CO. The van der Waals surface area contributed by atoms with Gasteiger partial charge in [-0.2, -0.15) is 0 Å². The zero-order valence-electron chi connectivity index (χ0n) is 17.9. The number of imidazole rings is 1. The Labute approximate surface area is 176 Å². The molecule has 5 N–H and O–H groups in total. The summed E-state index contributed by atoms with van der Waals surface area (Å²) in [5.74, 6) is 0.560. The van der Waals surface area contributed by atoms with Crippen LogP contribution in [0.15, 0.2) is 24.5 Å². The topological polar surface area (TPSA) is 144 Å². The van der Waals surface area contributed by atoms with Gasteiger partial charge in [0.1, 0.15) is 0 Å². The van der Waals surface area contributed by atoms with Gasteiger partial charge in [0.15, 0.2) is 0 Å². The molecule has 1 fully saturated rings. The molecule has 2 heterocycles. The molecule has 1 aliphatic rings. The van der Waals surface area contributed by atoms with Gasteiger partial charge in [-0.25, -0.2) is 4.98 Å². The van der Waals surface area contributed by atoms with Crippen LogP contribution in [0.1, 0.15) is 52.5 Å². The van der Waals surface area contributed by atoms with Gasteiger partial charge in [-0.3, -0.25) is 14.4 Å². The molecule has 3 rings (SSSR count). The number of hydrogen-bond donors (Lipinski definition) is 5. The van der Waals surface area contributed by atoms with Crippen molar-refractivity contribution in [1.82, 2.24) is 20.6 Å². The molecule has 9 heteroatoms. The minimum absolute atomic E-state index is 0.0817. The maximum atomic E-state index is 12.4. The highest BCUT2D eigenvalue weighted by Crippen LogP contribution is 2.34. The van der Waals surface area contributed by atoms with E-state index in [0.29, 0.717) is 18.9 Å². The Morgan fingerprint density at radius 1 is 1.17 bits per heavy atom. The first-order valence-electron chi connectivity index (χ1n) is 9.69. The second-order valence-corrected chi connectivity index (χ2v) is 8.61. The maximum Gasteiger partial charge on any atom is 0.290 e. The summed E-state index contributed by atoms with van der Waals surface area (Å²) in [5.41, 5.74) is 3.20. The molecule has 1 aliphatic heterocycles. The fourth-order valence-electron chi connectivity index (χ4n) is 4.31. The van der Waals surface area contributed by atoms with E-state index in [0.717, 1.165) is 29.4 Å². The van der Waals surface area contributed by atoms with Crippen LogP contribution >= 0.6 is 0 Å². The van der Waals surface area contributed by atoms with Crippen LogP contribution in [-0.4, -0.2) is 50.1 Å². The van der Waals surface area contributed by atoms with Gasteiger partial charge in [0.25, 0.3) is 12.9 Å². The van der Waals surface area contributed by atoms with Gasteiger partial charge in [-0.05, 0) is 64.2 Å². The highest BCUT2D eigenvalue weighted by Gasteiger charge is 2.38. The van der Waals surface area contributed by atoms with Crippen LogP contribution in [0.2, 0.25) is 0 Å². The summed E-state index contributed by atoms with van der Waals surface area (Å²) >= 11 is 0. The van der Waals surface area contributed by atoms with Crippen molar-refractivity contribution in [2.45, 2.75) is 64.6 Å². The van der Waals surface area contributed by atoms with E-state index >= 15 is 0 Å². The lowest BCUT2D eigenvalue weighted by atomic mass is 9.74. The van der Waals surface area contributed by atoms with Crippen LogP contribution < -0.4 is 10.6 Å². The third-order valence-corrected chi connectivity index (χ3v) is 4.72. The van der Waals surface area contributed by atoms with Crippen LogP contribution in [0.25, 0.3) is 11.0 Å². The average molecular weight is 421 g/mol. The third-order valence-electron chi connectivity index (χ3n) is 4.72. The second-order valence-electron chi connectivity index (χ2n) is 8.61. The van der Waals surface area contributed by atoms with E-state index in [2.05, 4.69) is 48.3 Å². The molecule has 2 aromatic rings. The number of nitrogens with one attached hydrogen (secondary N) is 3. The summed E-state index contributed by atoms with van der Waals surface area (Å²) in [4.78, 5) is 36.4. The number of carboxylic acid groups (broad SMARTS) is 2. The number of aromatic nitrogens is 2. The van der Waals surface area contributed by atoms with E-state index in [1.807, 2.05) is 18.2 Å². The average Bonchev–Trinajstić information content (AvgIpc) is 3.06. The van der Waals surface area contributed by atoms with Crippen LogP contribution in [-0.2, 0) is 20.9 Å². The molecule has 1 aromatic carbocycles. The van der Waals surface area contributed by atoms with Gasteiger partial charge in [0.2, 0.25) is 5.91 Å². The lowest BCUT2D eigenvalue weighted by molar-refractivity contribution is -0.123. The summed E-state index contributed by atoms with van der Waals surface area (Å²) < 4.78 is 0. The zero-order chi connectivity index (χ0) is 22.8. The summed E-state index contributed by atoms with van der Waals surface area (Å²) in [6.07, 6.45) is 4.35. The fourth-order valence-corrected chi connectivity index (χ4v) is 4.31. The second kappa shape index (κ2) is 11.3. The van der Waals surface area contributed by atoms with Crippen molar-refractivity contribution in [2.24, 2.45) is 5.92 Å². The molecule has 0 saturated carbocycles. The largest absolute Gasteiger partial charge is 0.483 e. The summed E-state index contributed by atoms with van der Waals surface area (Å²) in [6.45, 7) is 8.94. The Morgan fingerprint density at radius 2 is 1.73 bits per heavy atom. The van der Waals surface area contributed by atoms with Crippen LogP contribution in [0.5, 0.6) is 0 Å². The first-order chi connectivity index (χ1) is 14.1. The molecule has 0 radical (unpaired) electrons. The molecular weight excluding hydrogens is 388 g/mol. The van der Waals surface area contributed by atoms with Crippen molar-refractivity contribution in [2.75, 3.05) is 0 Å². The Morgan fingerprint density at radius 3 is 2.30 bits per heavy atom. The van der Waals surface area contributed by atoms with Crippen molar-refractivity contribution in [3.05, 3.63) is 30.1 Å². The fraction of sp³-hybridized carbons (Fsp3) is 0.524. The number of hydrogen-bond acceptors (Lipinski definition) is 5. The molecule has 0 bridgehead atoms.